The zero-order chi connectivity index (χ0) is 11.7. The first-order chi connectivity index (χ1) is 8.34. The van der Waals surface area contributed by atoms with Gasteiger partial charge in [0, 0.05) is 6.54 Å². The van der Waals surface area contributed by atoms with Crippen molar-refractivity contribution in [2.45, 2.75) is 39.0 Å². The van der Waals surface area contributed by atoms with E-state index in [1.165, 1.54) is 48.9 Å². The lowest BCUT2D eigenvalue weighted by atomic mass is 9.83. The molecule has 2 aliphatic rings. The van der Waals surface area contributed by atoms with E-state index in [0.29, 0.717) is 0 Å². The van der Waals surface area contributed by atoms with Crippen LogP contribution >= 0.6 is 0 Å². The van der Waals surface area contributed by atoms with E-state index in [4.69, 9.17) is 4.99 Å². The van der Waals surface area contributed by atoms with Gasteiger partial charge in [-0.15, -0.1) is 0 Å². The minimum atomic E-state index is 0.988. The molecule has 0 saturated heterocycles. The summed E-state index contributed by atoms with van der Waals surface area (Å²) < 4.78 is 0. The van der Waals surface area contributed by atoms with Crippen molar-refractivity contribution in [2.24, 2.45) is 4.99 Å². The molecule has 3 rings (SSSR count). The highest BCUT2D eigenvalue weighted by molar-refractivity contribution is 6.13. The van der Waals surface area contributed by atoms with Gasteiger partial charge in [0.2, 0.25) is 0 Å². The van der Waals surface area contributed by atoms with Crippen LogP contribution in [0.4, 0.5) is 0 Å². The van der Waals surface area contributed by atoms with Crippen LogP contribution < -0.4 is 0 Å². The van der Waals surface area contributed by atoms with Crippen LogP contribution in [0.25, 0.3) is 0 Å². The topological polar surface area (TPSA) is 12.4 Å². The number of nitrogens with zero attached hydrogens (tertiary/aromatic N) is 1. The van der Waals surface area contributed by atoms with Gasteiger partial charge in [-0.1, -0.05) is 35.4 Å². The summed E-state index contributed by atoms with van der Waals surface area (Å²) in [6, 6.07) is 8.82. The third kappa shape index (κ3) is 2.06. The van der Waals surface area contributed by atoms with Gasteiger partial charge in [-0.2, -0.15) is 0 Å². The van der Waals surface area contributed by atoms with Crippen molar-refractivity contribution < 1.29 is 0 Å². The molecule has 0 unspecified atom stereocenters. The van der Waals surface area contributed by atoms with Gasteiger partial charge >= 0.3 is 0 Å². The molecule has 1 aliphatic carbocycles. The van der Waals surface area contributed by atoms with Gasteiger partial charge < -0.3 is 0 Å². The molecule has 0 radical (unpaired) electrons. The Balaban J connectivity index is 1.99. The maximum absolute atomic E-state index is 4.77. The number of allylic oxidation sites excluding steroid dienone is 1. The van der Waals surface area contributed by atoms with Crippen LogP contribution in [0.3, 0.4) is 0 Å². The lowest BCUT2D eigenvalue weighted by Crippen LogP contribution is -2.17. The highest BCUT2D eigenvalue weighted by atomic mass is 14.8. The largest absolute Gasteiger partial charge is 0.284 e. The molecular formula is C16H19N. The summed E-state index contributed by atoms with van der Waals surface area (Å²) in [5.74, 6) is 0. The molecule has 88 valence electrons. The molecule has 0 bridgehead atoms. The molecule has 1 aromatic rings. The van der Waals surface area contributed by atoms with E-state index in [9.17, 15) is 0 Å². The summed E-state index contributed by atoms with van der Waals surface area (Å²) in [5, 5.41) is 0. The summed E-state index contributed by atoms with van der Waals surface area (Å²) in [4.78, 5) is 4.77. The molecule has 1 aliphatic heterocycles. The van der Waals surface area contributed by atoms with Crippen molar-refractivity contribution in [1.29, 1.82) is 0 Å². The molecule has 17 heavy (non-hydrogen) atoms. The average Bonchev–Trinajstić information content (AvgIpc) is 2.39. The second kappa shape index (κ2) is 4.48. The van der Waals surface area contributed by atoms with E-state index in [0.717, 1.165) is 6.54 Å². The maximum Gasteiger partial charge on any atom is 0.0678 e. The Hall–Kier alpha value is -1.37. The van der Waals surface area contributed by atoms with Gasteiger partial charge in [-0.05, 0) is 50.2 Å². The van der Waals surface area contributed by atoms with Crippen molar-refractivity contribution in [1.82, 2.24) is 0 Å². The van der Waals surface area contributed by atoms with Gasteiger partial charge in [0.1, 0.15) is 0 Å². The first-order valence-corrected chi connectivity index (χ1v) is 6.67. The Kier molecular flexibility index (Phi) is 2.84. The zero-order valence-electron chi connectivity index (χ0n) is 10.5. The van der Waals surface area contributed by atoms with Gasteiger partial charge in [-0.25, -0.2) is 0 Å². The fraction of sp³-hybridized carbons (Fsp3) is 0.438. The predicted octanol–water partition coefficient (Wildman–Crippen LogP) is 4.06. The number of hydrogen-bond acceptors (Lipinski definition) is 1. The second-order valence-electron chi connectivity index (χ2n) is 5.14. The quantitative estimate of drug-likeness (QED) is 0.683. The van der Waals surface area contributed by atoms with Gasteiger partial charge in [0.15, 0.2) is 0 Å². The molecule has 0 amide bonds. The summed E-state index contributed by atoms with van der Waals surface area (Å²) in [6.45, 7) is 3.12. The van der Waals surface area contributed by atoms with Gasteiger partial charge in [0.05, 0.1) is 5.71 Å². The normalized spacial score (nSPS) is 19.9. The summed E-state index contributed by atoms with van der Waals surface area (Å²) in [7, 11) is 0. The SMILES string of the molecule is Cc1ccc(C2=NCCC3=C2CCCC3)cc1. The van der Waals surface area contributed by atoms with E-state index in [-0.39, 0.29) is 0 Å². The van der Waals surface area contributed by atoms with Crippen molar-refractivity contribution in [3.05, 3.63) is 46.5 Å². The molecule has 0 fully saturated rings. The molecule has 0 N–H and O–H groups in total. The van der Waals surface area contributed by atoms with Crippen LogP contribution in [0.1, 0.15) is 43.2 Å². The summed E-state index contributed by atoms with van der Waals surface area (Å²) in [6.07, 6.45) is 6.46. The van der Waals surface area contributed by atoms with Crippen molar-refractivity contribution >= 4 is 5.71 Å². The predicted molar refractivity (Wildman–Crippen MR) is 72.7 cm³/mol. The standard InChI is InChI=1S/C16H19N/c1-12-6-8-14(9-7-12)16-15-5-3-2-4-13(15)10-11-17-16/h6-9H,2-5,10-11H2,1H3. The Morgan fingerprint density at radius 3 is 2.53 bits per heavy atom. The molecular weight excluding hydrogens is 206 g/mol. The smallest absolute Gasteiger partial charge is 0.0678 e. The molecule has 0 saturated carbocycles. The zero-order valence-corrected chi connectivity index (χ0v) is 10.5. The second-order valence-corrected chi connectivity index (χ2v) is 5.14. The molecule has 0 atom stereocenters. The highest BCUT2D eigenvalue weighted by Gasteiger charge is 2.21. The van der Waals surface area contributed by atoms with Gasteiger partial charge in [-0.3, -0.25) is 4.99 Å². The fourth-order valence-electron chi connectivity index (χ4n) is 2.90. The number of rotatable bonds is 1. The maximum atomic E-state index is 4.77. The molecule has 0 aromatic heterocycles. The third-order valence-corrected chi connectivity index (χ3v) is 3.88. The number of dihydropyridines is 1. The van der Waals surface area contributed by atoms with Crippen molar-refractivity contribution in [3.8, 4) is 0 Å². The van der Waals surface area contributed by atoms with E-state index in [2.05, 4.69) is 31.2 Å². The van der Waals surface area contributed by atoms with Crippen LogP contribution in [0.15, 0.2) is 40.4 Å². The number of benzene rings is 1. The lowest BCUT2D eigenvalue weighted by Gasteiger charge is -2.25. The average molecular weight is 225 g/mol. The Bertz CT molecular complexity index is 477. The molecule has 1 heteroatoms. The van der Waals surface area contributed by atoms with E-state index in [1.807, 2.05) is 0 Å². The minimum absolute atomic E-state index is 0.988. The van der Waals surface area contributed by atoms with E-state index >= 15 is 0 Å². The fourth-order valence-corrected chi connectivity index (χ4v) is 2.90. The lowest BCUT2D eigenvalue weighted by molar-refractivity contribution is 0.655. The van der Waals surface area contributed by atoms with Crippen LogP contribution in [0, 0.1) is 6.92 Å². The van der Waals surface area contributed by atoms with Crippen LogP contribution in [0.5, 0.6) is 0 Å². The van der Waals surface area contributed by atoms with E-state index in [1.54, 1.807) is 11.1 Å². The number of aliphatic imine (C=N–C) groups is 1. The number of aryl methyl sites for hydroxylation is 1. The highest BCUT2D eigenvalue weighted by Crippen LogP contribution is 2.32. The Morgan fingerprint density at radius 1 is 0.941 bits per heavy atom. The third-order valence-electron chi connectivity index (χ3n) is 3.88. The van der Waals surface area contributed by atoms with Crippen LogP contribution in [0.2, 0.25) is 0 Å². The van der Waals surface area contributed by atoms with Crippen LogP contribution in [-0.4, -0.2) is 12.3 Å². The first-order valence-electron chi connectivity index (χ1n) is 6.67. The van der Waals surface area contributed by atoms with Crippen molar-refractivity contribution in [2.75, 3.05) is 6.54 Å². The first kappa shape index (κ1) is 10.8. The van der Waals surface area contributed by atoms with Crippen molar-refractivity contribution in [3.63, 3.8) is 0 Å². The summed E-state index contributed by atoms with van der Waals surface area (Å²) >= 11 is 0. The molecule has 0 spiro atoms. The molecule has 1 aromatic carbocycles. The molecule has 1 nitrogen and oxygen atoms in total. The Morgan fingerprint density at radius 2 is 1.71 bits per heavy atom. The van der Waals surface area contributed by atoms with Crippen LogP contribution in [-0.2, 0) is 0 Å². The van der Waals surface area contributed by atoms with Gasteiger partial charge in [0.25, 0.3) is 0 Å². The minimum Gasteiger partial charge on any atom is -0.284 e. The number of hydrogen-bond donors (Lipinski definition) is 0. The molecule has 1 heterocycles. The Labute approximate surface area is 103 Å². The monoisotopic (exact) mass is 225 g/mol. The summed E-state index contributed by atoms with van der Waals surface area (Å²) in [5.41, 5.74) is 7.16. The van der Waals surface area contributed by atoms with E-state index < -0.39 is 0 Å².